The van der Waals surface area contributed by atoms with Gasteiger partial charge in [0.05, 0.1) is 0 Å². The quantitative estimate of drug-likeness (QED) is 0.514. The molecule has 2 rings (SSSR count). The van der Waals surface area contributed by atoms with E-state index in [1.807, 2.05) is 6.07 Å². The molecule has 1 amide bonds. The van der Waals surface area contributed by atoms with Crippen LogP contribution < -0.4 is 10.5 Å². The molecule has 0 bridgehead atoms. The third kappa shape index (κ3) is 4.50. The highest BCUT2D eigenvalue weighted by molar-refractivity contribution is 6.02. The predicted molar refractivity (Wildman–Crippen MR) is 83.3 cm³/mol. The molecule has 0 fully saturated rings. The number of amides is 1. The Morgan fingerprint density at radius 3 is 2.29 bits per heavy atom. The van der Waals surface area contributed by atoms with Crippen molar-refractivity contribution < 1.29 is 16.1 Å². The normalized spacial score (nSPS) is 12.0. The summed E-state index contributed by atoms with van der Waals surface area (Å²) in [6, 6.07) is 17.3. The van der Waals surface area contributed by atoms with Gasteiger partial charge in [-0.3, -0.25) is 0 Å². The van der Waals surface area contributed by atoms with Crippen LogP contribution in [0.2, 0.25) is 0 Å². The number of rotatable bonds is 3. The molecule has 5 nitrogen and oxygen atoms in total. The molecule has 3 N–H and O–H groups in total. The van der Waals surface area contributed by atoms with Crippen LogP contribution in [0, 0.1) is 0 Å². The summed E-state index contributed by atoms with van der Waals surface area (Å²) < 4.78 is 4.95. The zero-order valence-electron chi connectivity index (χ0n) is 11.1. The lowest BCUT2D eigenvalue weighted by atomic mass is 10.2. The van der Waals surface area contributed by atoms with Crippen molar-refractivity contribution in [2.75, 3.05) is 0 Å². The van der Waals surface area contributed by atoms with Crippen molar-refractivity contribution in [1.29, 1.82) is 0 Å². The van der Waals surface area contributed by atoms with Gasteiger partial charge in [0.15, 0.2) is 0 Å². The van der Waals surface area contributed by atoms with Crippen LogP contribution in [0.1, 0.15) is 6.99 Å². The van der Waals surface area contributed by atoms with Gasteiger partial charge in [0, 0.05) is 13.1 Å². The molecular formula is C16H16N2O3. The monoisotopic (exact) mass is 284 g/mol. The molecule has 0 saturated heterocycles. The molecule has 0 heterocycles. The zero-order chi connectivity index (χ0) is 15.1. The average Bonchev–Trinajstić information content (AvgIpc) is 2.48. The molecule has 0 aliphatic heterocycles. The second kappa shape index (κ2) is 6.91. The Hall–Kier alpha value is -3.08. The largest absolute Gasteiger partial charge is 0.507 e. The van der Waals surface area contributed by atoms with E-state index in [0.717, 1.165) is 0 Å². The first-order valence-electron chi connectivity index (χ1n) is 6.22. The minimum Gasteiger partial charge on any atom is -0.507 e. The highest BCUT2D eigenvalue weighted by atomic mass is 16.5. The number of ether oxygens (including phenoxy) is 1. The highest BCUT2D eigenvalue weighted by Gasteiger charge is 2.04. The SMILES string of the molecule is NC(/C=C(\O)c1ccccc1)=N/C(=O)Oc1ccccc1.[HH]. The minimum absolute atomic E-state index is 0. The fraction of sp³-hybridized carbons (Fsp3) is 0. The lowest BCUT2D eigenvalue weighted by Crippen LogP contribution is -2.14. The van der Waals surface area contributed by atoms with E-state index in [2.05, 4.69) is 4.99 Å². The zero-order valence-corrected chi connectivity index (χ0v) is 11.1. The van der Waals surface area contributed by atoms with Gasteiger partial charge in [-0.1, -0.05) is 48.5 Å². The van der Waals surface area contributed by atoms with Crippen LogP contribution in [0.25, 0.3) is 5.76 Å². The number of aliphatic hydroxyl groups is 1. The molecule has 0 radical (unpaired) electrons. The van der Waals surface area contributed by atoms with Gasteiger partial charge in [-0.2, -0.15) is 4.99 Å². The van der Waals surface area contributed by atoms with Crippen molar-refractivity contribution in [3.63, 3.8) is 0 Å². The number of nitrogens with two attached hydrogens (primary N) is 1. The Morgan fingerprint density at radius 2 is 1.67 bits per heavy atom. The van der Waals surface area contributed by atoms with Crippen LogP contribution in [-0.2, 0) is 0 Å². The van der Waals surface area contributed by atoms with Gasteiger partial charge >= 0.3 is 6.09 Å². The summed E-state index contributed by atoms with van der Waals surface area (Å²) in [7, 11) is 0. The van der Waals surface area contributed by atoms with Gasteiger partial charge in [0.25, 0.3) is 0 Å². The first-order chi connectivity index (χ1) is 10.1. The summed E-state index contributed by atoms with van der Waals surface area (Å²) in [4.78, 5) is 15.1. The predicted octanol–water partition coefficient (Wildman–Crippen LogP) is 3.39. The summed E-state index contributed by atoms with van der Waals surface area (Å²) in [5, 5.41) is 9.84. The molecule has 21 heavy (non-hydrogen) atoms. The summed E-state index contributed by atoms with van der Waals surface area (Å²) in [5.41, 5.74) is 6.16. The third-order valence-electron chi connectivity index (χ3n) is 2.52. The number of aliphatic imine (C=N–C) groups is 1. The standard InChI is InChI=1S/C16H14N2O3.H2/c17-15(11-14(19)12-7-3-1-4-8-12)18-16(20)21-13-9-5-2-6-10-13;/h1-11,19H,(H2,17,18,20);1H/b14-11-;. The Kier molecular flexibility index (Phi) is 4.71. The number of aliphatic hydroxyl groups excluding tert-OH is 1. The van der Waals surface area contributed by atoms with E-state index in [0.29, 0.717) is 11.3 Å². The second-order valence-electron chi connectivity index (χ2n) is 4.11. The number of benzene rings is 2. The smallest absolute Gasteiger partial charge is 0.441 e. The van der Waals surface area contributed by atoms with E-state index in [4.69, 9.17) is 10.5 Å². The van der Waals surface area contributed by atoms with Gasteiger partial charge in [0.2, 0.25) is 0 Å². The molecule has 5 heteroatoms. The Morgan fingerprint density at radius 1 is 1.10 bits per heavy atom. The molecule has 108 valence electrons. The molecule has 0 spiro atoms. The fourth-order valence-corrected chi connectivity index (χ4v) is 1.58. The van der Waals surface area contributed by atoms with Crippen LogP contribution >= 0.6 is 0 Å². The van der Waals surface area contributed by atoms with E-state index >= 15 is 0 Å². The first kappa shape index (κ1) is 14.3. The van der Waals surface area contributed by atoms with Crippen molar-refractivity contribution in [2.24, 2.45) is 10.7 Å². The maximum atomic E-state index is 11.5. The fourth-order valence-electron chi connectivity index (χ4n) is 1.58. The van der Waals surface area contributed by atoms with Crippen LogP contribution in [0.3, 0.4) is 0 Å². The summed E-state index contributed by atoms with van der Waals surface area (Å²) >= 11 is 0. The molecule has 0 unspecified atom stereocenters. The number of carbonyl (C=O) groups excluding carboxylic acids is 1. The van der Waals surface area contributed by atoms with Crippen LogP contribution in [0.4, 0.5) is 4.79 Å². The number of carbonyl (C=O) groups is 1. The molecule has 0 aliphatic carbocycles. The highest BCUT2D eigenvalue weighted by Crippen LogP contribution is 2.11. The maximum Gasteiger partial charge on any atom is 0.441 e. The van der Waals surface area contributed by atoms with Crippen LogP contribution in [0.15, 0.2) is 71.7 Å². The van der Waals surface area contributed by atoms with E-state index < -0.39 is 6.09 Å². The molecule has 0 aromatic heterocycles. The van der Waals surface area contributed by atoms with Gasteiger partial charge in [0.1, 0.15) is 17.3 Å². The molecule has 2 aromatic rings. The topological polar surface area (TPSA) is 84.9 Å². The van der Waals surface area contributed by atoms with E-state index in [9.17, 15) is 9.90 Å². The Bertz CT molecular complexity index is 670. The van der Waals surface area contributed by atoms with Gasteiger partial charge in [-0.15, -0.1) is 0 Å². The average molecular weight is 284 g/mol. The minimum atomic E-state index is -0.851. The number of para-hydroxylation sites is 1. The van der Waals surface area contributed by atoms with Crippen molar-refractivity contribution >= 4 is 17.7 Å². The number of amidine groups is 1. The van der Waals surface area contributed by atoms with Crippen molar-refractivity contribution in [1.82, 2.24) is 0 Å². The Labute approximate surface area is 123 Å². The van der Waals surface area contributed by atoms with Crippen LogP contribution in [-0.4, -0.2) is 17.0 Å². The molecule has 0 atom stereocenters. The molecule has 0 aliphatic rings. The summed E-state index contributed by atoms with van der Waals surface area (Å²) in [6.45, 7) is 0. The van der Waals surface area contributed by atoms with Crippen molar-refractivity contribution in [3.8, 4) is 5.75 Å². The van der Waals surface area contributed by atoms with E-state index in [-0.39, 0.29) is 13.0 Å². The van der Waals surface area contributed by atoms with E-state index in [1.165, 1.54) is 6.08 Å². The Balaban J connectivity index is 0.00000242. The van der Waals surface area contributed by atoms with Gasteiger partial charge in [-0.25, -0.2) is 4.79 Å². The molecule has 2 aromatic carbocycles. The lowest BCUT2D eigenvalue weighted by Gasteiger charge is -2.01. The van der Waals surface area contributed by atoms with E-state index in [1.54, 1.807) is 54.6 Å². The molecular weight excluding hydrogens is 268 g/mol. The van der Waals surface area contributed by atoms with Crippen LogP contribution in [0.5, 0.6) is 5.75 Å². The van der Waals surface area contributed by atoms with Crippen molar-refractivity contribution in [3.05, 3.63) is 72.3 Å². The summed E-state index contributed by atoms with van der Waals surface area (Å²) in [5.74, 6) is 0.150. The van der Waals surface area contributed by atoms with Crippen molar-refractivity contribution in [2.45, 2.75) is 0 Å². The number of hydrogen-bond donors (Lipinski definition) is 2. The molecule has 0 saturated carbocycles. The second-order valence-corrected chi connectivity index (χ2v) is 4.11. The van der Waals surface area contributed by atoms with Gasteiger partial charge in [-0.05, 0) is 12.1 Å². The van der Waals surface area contributed by atoms with Gasteiger partial charge < -0.3 is 15.6 Å². The summed E-state index contributed by atoms with van der Waals surface area (Å²) in [6.07, 6.45) is 0.345. The lowest BCUT2D eigenvalue weighted by molar-refractivity contribution is 0.211. The number of nitrogens with zero attached hydrogens (tertiary/aromatic N) is 1. The number of hydrogen-bond acceptors (Lipinski definition) is 3. The maximum absolute atomic E-state index is 11.5. The first-order valence-corrected chi connectivity index (χ1v) is 6.22. The third-order valence-corrected chi connectivity index (χ3v) is 2.52.